The number of hydrogen-bond donors (Lipinski definition) is 1. The molecule has 0 unspecified atom stereocenters. The summed E-state index contributed by atoms with van der Waals surface area (Å²) in [5, 5.41) is 10.7. The van der Waals surface area contributed by atoms with Gasteiger partial charge in [-0.3, -0.25) is 4.98 Å². The predicted octanol–water partition coefficient (Wildman–Crippen LogP) is 1.63. The van der Waals surface area contributed by atoms with E-state index < -0.39 is 16.1 Å². The molecule has 0 fully saturated rings. The lowest BCUT2D eigenvalue weighted by Crippen LogP contribution is -2.29. The zero-order chi connectivity index (χ0) is 14.8. The van der Waals surface area contributed by atoms with Crippen LogP contribution in [0.3, 0.4) is 0 Å². The molecule has 1 atom stereocenters. The second-order valence-corrected chi connectivity index (χ2v) is 6.83. The summed E-state index contributed by atoms with van der Waals surface area (Å²) >= 11 is 0. The van der Waals surface area contributed by atoms with Gasteiger partial charge in [-0.05, 0) is 25.5 Å². The first-order valence-corrected chi connectivity index (χ1v) is 7.84. The van der Waals surface area contributed by atoms with E-state index in [4.69, 9.17) is 0 Å². The Morgan fingerprint density at radius 3 is 2.80 bits per heavy atom. The van der Waals surface area contributed by atoms with Crippen LogP contribution in [0.4, 0.5) is 0 Å². The predicted molar refractivity (Wildman–Crippen MR) is 77.9 cm³/mol. The number of hydrogen-bond acceptors (Lipinski definition) is 4. The molecule has 0 saturated carbocycles. The summed E-state index contributed by atoms with van der Waals surface area (Å²) in [4.78, 5) is 4.27. The second-order valence-electron chi connectivity index (χ2n) is 4.82. The molecule has 6 heteroatoms. The first-order chi connectivity index (χ1) is 9.43. The summed E-state index contributed by atoms with van der Waals surface area (Å²) in [6.07, 6.45) is 3.10. The molecule has 0 saturated heterocycles. The van der Waals surface area contributed by atoms with Crippen LogP contribution in [0, 0.1) is 0 Å². The summed E-state index contributed by atoms with van der Waals surface area (Å²) in [6.45, 7) is 1.92. The Hall–Kier alpha value is -1.50. The average Bonchev–Trinajstić information content (AvgIpc) is 2.43. The van der Waals surface area contributed by atoms with E-state index in [1.54, 1.807) is 37.5 Å². The Morgan fingerprint density at radius 2 is 2.10 bits per heavy atom. The molecule has 0 bridgehead atoms. The minimum atomic E-state index is -3.57. The summed E-state index contributed by atoms with van der Waals surface area (Å²) in [6, 6.07) is 6.83. The highest BCUT2D eigenvalue weighted by molar-refractivity contribution is 7.89. The van der Waals surface area contributed by atoms with Crippen LogP contribution in [-0.4, -0.2) is 42.5 Å². The van der Waals surface area contributed by atoms with Crippen molar-refractivity contribution in [3.8, 4) is 0 Å². The maximum atomic E-state index is 12.6. The maximum Gasteiger partial charge on any atom is 0.243 e. The van der Waals surface area contributed by atoms with E-state index in [0.717, 1.165) is 5.39 Å². The molecule has 1 N–H and O–H groups in total. The van der Waals surface area contributed by atoms with Crippen molar-refractivity contribution in [2.45, 2.75) is 24.3 Å². The number of rotatable bonds is 5. The molecular weight excluding hydrogens is 276 g/mol. The fraction of sp³-hybridized carbons (Fsp3) is 0.357. The molecule has 5 nitrogen and oxygen atoms in total. The number of fused-ring (bicyclic) bond motifs is 1. The van der Waals surface area contributed by atoms with E-state index in [2.05, 4.69) is 4.98 Å². The zero-order valence-electron chi connectivity index (χ0n) is 11.5. The SMILES string of the molecule is C[C@@H](O)CCN(C)S(=O)(=O)c1cccc2cnccc12. The van der Waals surface area contributed by atoms with Crippen molar-refractivity contribution in [1.29, 1.82) is 0 Å². The van der Waals surface area contributed by atoms with Gasteiger partial charge in [0, 0.05) is 36.8 Å². The Kier molecular flexibility index (Phi) is 4.37. The van der Waals surface area contributed by atoms with Gasteiger partial charge in [0.05, 0.1) is 11.0 Å². The number of aliphatic hydroxyl groups excluding tert-OH is 1. The van der Waals surface area contributed by atoms with Crippen molar-refractivity contribution in [3.05, 3.63) is 36.7 Å². The lowest BCUT2D eigenvalue weighted by Gasteiger charge is -2.19. The average molecular weight is 294 g/mol. The minimum Gasteiger partial charge on any atom is -0.393 e. The number of aliphatic hydroxyl groups is 1. The number of pyridine rings is 1. The van der Waals surface area contributed by atoms with Crippen LogP contribution in [0.2, 0.25) is 0 Å². The van der Waals surface area contributed by atoms with Gasteiger partial charge in [0.2, 0.25) is 10.0 Å². The van der Waals surface area contributed by atoms with Crippen molar-refractivity contribution in [2.24, 2.45) is 0 Å². The van der Waals surface area contributed by atoms with Gasteiger partial charge < -0.3 is 5.11 Å². The van der Waals surface area contributed by atoms with E-state index in [0.29, 0.717) is 11.8 Å². The number of aromatic nitrogens is 1. The molecule has 1 heterocycles. The van der Waals surface area contributed by atoms with E-state index in [9.17, 15) is 13.5 Å². The molecule has 108 valence electrons. The highest BCUT2D eigenvalue weighted by atomic mass is 32.2. The Balaban J connectivity index is 2.41. The van der Waals surface area contributed by atoms with Gasteiger partial charge >= 0.3 is 0 Å². The molecule has 0 spiro atoms. The zero-order valence-corrected chi connectivity index (χ0v) is 12.3. The minimum absolute atomic E-state index is 0.269. The topological polar surface area (TPSA) is 70.5 Å². The number of benzene rings is 1. The van der Waals surface area contributed by atoms with Crippen molar-refractivity contribution in [1.82, 2.24) is 9.29 Å². The fourth-order valence-electron chi connectivity index (χ4n) is 1.97. The maximum absolute atomic E-state index is 12.6. The summed E-state index contributed by atoms with van der Waals surface area (Å²) in [5.74, 6) is 0. The van der Waals surface area contributed by atoms with Gasteiger partial charge in [-0.1, -0.05) is 12.1 Å². The molecular formula is C14H18N2O3S. The van der Waals surface area contributed by atoms with Crippen LogP contribution in [0.5, 0.6) is 0 Å². The lowest BCUT2D eigenvalue weighted by atomic mass is 10.2. The quantitative estimate of drug-likeness (QED) is 0.910. The molecule has 1 aromatic heterocycles. The Morgan fingerprint density at radius 1 is 1.35 bits per heavy atom. The molecule has 0 aliphatic carbocycles. The number of sulfonamides is 1. The standard InChI is InChI=1S/C14H18N2O3S/c1-11(17)7-9-16(2)20(18,19)14-5-3-4-12-10-15-8-6-13(12)14/h3-6,8,10-11,17H,7,9H2,1-2H3/t11-/m1/s1. The van der Waals surface area contributed by atoms with Gasteiger partial charge in [0.15, 0.2) is 0 Å². The largest absolute Gasteiger partial charge is 0.393 e. The molecule has 1 aromatic carbocycles. The van der Waals surface area contributed by atoms with Crippen LogP contribution in [0.1, 0.15) is 13.3 Å². The second kappa shape index (κ2) is 5.87. The molecule has 0 amide bonds. The Bertz CT molecular complexity index is 693. The number of nitrogens with zero attached hydrogens (tertiary/aromatic N) is 2. The Labute approximate surface area is 118 Å². The third-order valence-electron chi connectivity index (χ3n) is 3.19. The monoisotopic (exact) mass is 294 g/mol. The van der Waals surface area contributed by atoms with E-state index in [-0.39, 0.29) is 11.4 Å². The first-order valence-electron chi connectivity index (χ1n) is 6.40. The highest BCUT2D eigenvalue weighted by Gasteiger charge is 2.22. The summed E-state index contributed by atoms with van der Waals surface area (Å²) in [5.41, 5.74) is 0. The van der Waals surface area contributed by atoms with Crippen LogP contribution in [0.15, 0.2) is 41.6 Å². The normalized spacial score (nSPS) is 13.8. The van der Waals surface area contributed by atoms with Gasteiger partial charge in [-0.15, -0.1) is 0 Å². The van der Waals surface area contributed by atoms with Crippen LogP contribution < -0.4 is 0 Å². The molecule has 0 aliphatic rings. The van der Waals surface area contributed by atoms with Crippen LogP contribution in [0.25, 0.3) is 10.8 Å². The van der Waals surface area contributed by atoms with Gasteiger partial charge in [0.25, 0.3) is 0 Å². The van der Waals surface area contributed by atoms with Gasteiger partial charge in [0.1, 0.15) is 0 Å². The van der Waals surface area contributed by atoms with Crippen LogP contribution in [-0.2, 0) is 10.0 Å². The third kappa shape index (κ3) is 2.98. The molecule has 2 rings (SSSR count). The smallest absolute Gasteiger partial charge is 0.243 e. The van der Waals surface area contributed by atoms with Crippen molar-refractivity contribution >= 4 is 20.8 Å². The summed E-state index contributed by atoms with van der Waals surface area (Å²) in [7, 11) is -2.04. The molecule has 2 aromatic rings. The third-order valence-corrected chi connectivity index (χ3v) is 5.11. The van der Waals surface area contributed by atoms with Gasteiger partial charge in [-0.25, -0.2) is 12.7 Å². The van der Waals surface area contributed by atoms with E-state index in [1.165, 1.54) is 11.4 Å². The van der Waals surface area contributed by atoms with Gasteiger partial charge in [-0.2, -0.15) is 0 Å². The van der Waals surface area contributed by atoms with Crippen molar-refractivity contribution < 1.29 is 13.5 Å². The van der Waals surface area contributed by atoms with Crippen molar-refractivity contribution in [3.63, 3.8) is 0 Å². The van der Waals surface area contributed by atoms with E-state index in [1.807, 2.05) is 6.07 Å². The van der Waals surface area contributed by atoms with Crippen molar-refractivity contribution in [2.75, 3.05) is 13.6 Å². The molecule has 20 heavy (non-hydrogen) atoms. The highest BCUT2D eigenvalue weighted by Crippen LogP contribution is 2.24. The molecule has 0 aliphatic heterocycles. The van der Waals surface area contributed by atoms with E-state index >= 15 is 0 Å². The fourth-order valence-corrected chi connectivity index (χ4v) is 3.37. The first kappa shape index (κ1) is 14.9. The van der Waals surface area contributed by atoms with Crippen LogP contribution >= 0.6 is 0 Å². The lowest BCUT2D eigenvalue weighted by molar-refractivity contribution is 0.177. The molecule has 0 radical (unpaired) electrons. The summed E-state index contributed by atoms with van der Waals surface area (Å²) < 4.78 is 26.4.